The average Bonchev–Trinajstić information content (AvgIpc) is 3.65. The molecule has 8 aromatic rings. The summed E-state index contributed by atoms with van der Waals surface area (Å²) in [5.41, 5.74) is 13.4. The number of oxazole rings is 1. The van der Waals surface area contributed by atoms with Crippen molar-refractivity contribution in [2.45, 2.75) is 19.3 Å². The molecule has 0 atom stereocenters. The first kappa shape index (κ1) is 27.4. The molecule has 0 unspecified atom stereocenters. The van der Waals surface area contributed by atoms with Gasteiger partial charge in [-0.05, 0) is 81.2 Å². The first-order valence-electron chi connectivity index (χ1n) is 16.1. The van der Waals surface area contributed by atoms with Gasteiger partial charge in [0, 0.05) is 28.1 Å². The quantitative estimate of drug-likeness (QED) is 0.196. The van der Waals surface area contributed by atoms with Gasteiger partial charge in [0.25, 0.3) is 0 Å². The Balaban J connectivity index is 1.17. The molecule has 0 saturated heterocycles. The van der Waals surface area contributed by atoms with E-state index in [-0.39, 0.29) is 5.41 Å². The Morgan fingerprint density at radius 3 is 2.06 bits per heavy atom. The summed E-state index contributed by atoms with van der Waals surface area (Å²) in [6, 6.07) is 56.0. The zero-order valence-corrected chi connectivity index (χ0v) is 26.3. The zero-order valence-electron chi connectivity index (χ0n) is 26.3. The summed E-state index contributed by atoms with van der Waals surface area (Å²) >= 11 is 0. The normalized spacial score (nSPS) is 13.1. The van der Waals surface area contributed by atoms with Gasteiger partial charge >= 0.3 is 0 Å². The zero-order chi connectivity index (χ0) is 31.5. The molecule has 0 saturated carbocycles. The summed E-state index contributed by atoms with van der Waals surface area (Å²) in [5, 5.41) is 2.39. The van der Waals surface area contributed by atoms with E-state index in [1.54, 1.807) is 0 Å². The molecule has 1 aliphatic carbocycles. The fourth-order valence-electron chi connectivity index (χ4n) is 7.27. The third-order valence-corrected chi connectivity index (χ3v) is 9.70. The van der Waals surface area contributed by atoms with E-state index in [1.807, 2.05) is 6.07 Å². The van der Waals surface area contributed by atoms with Crippen LogP contribution in [0.25, 0.3) is 55.6 Å². The van der Waals surface area contributed by atoms with Gasteiger partial charge in [0.05, 0.1) is 11.4 Å². The van der Waals surface area contributed by atoms with E-state index in [9.17, 15) is 0 Å². The molecule has 1 aromatic heterocycles. The Labute approximate surface area is 274 Å². The molecule has 0 amide bonds. The van der Waals surface area contributed by atoms with Crippen molar-refractivity contribution in [2.24, 2.45) is 0 Å². The van der Waals surface area contributed by atoms with Crippen molar-refractivity contribution in [1.82, 2.24) is 4.98 Å². The summed E-state index contributed by atoms with van der Waals surface area (Å²) in [7, 11) is 0. The minimum absolute atomic E-state index is 0.105. The predicted molar refractivity (Wildman–Crippen MR) is 195 cm³/mol. The summed E-state index contributed by atoms with van der Waals surface area (Å²) < 4.78 is 6.46. The lowest BCUT2D eigenvalue weighted by Gasteiger charge is -2.29. The smallest absolute Gasteiger partial charge is 0.227 e. The maximum absolute atomic E-state index is 6.46. The Kier molecular flexibility index (Phi) is 6.16. The number of nitrogens with zero attached hydrogens (tertiary/aromatic N) is 2. The Hall–Kier alpha value is -5.93. The van der Waals surface area contributed by atoms with Crippen LogP contribution in [0.15, 0.2) is 162 Å². The van der Waals surface area contributed by atoms with Crippen molar-refractivity contribution in [1.29, 1.82) is 0 Å². The van der Waals surface area contributed by atoms with Crippen LogP contribution in [0, 0.1) is 0 Å². The molecule has 47 heavy (non-hydrogen) atoms. The molecule has 0 aliphatic heterocycles. The molecule has 9 rings (SSSR count). The molecule has 7 aromatic carbocycles. The van der Waals surface area contributed by atoms with Crippen molar-refractivity contribution >= 4 is 38.9 Å². The molecule has 0 bridgehead atoms. The van der Waals surface area contributed by atoms with Gasteiger partial charge < -0.3 is 9.32 Å². The van der Waals surface area contributed by atoms with Gasteiger partial charge in [-0.1, -0.05) is 123 Å². The molecule has 0 N–H and O–H groups in total. The monoisotopic (exact) mass is 604 g/mol. The predicted octanol–water partition coefficient (Wildman–Crippen LogP) is 12.1. The van der Waals surface area contributed by atoms with Gasteiger partial charge in [0.15, 0.2) is 5.58 Å². The Morgan fingerprint density at radius 2 is 1.19 bits per heavy atom. The van der Waals surface area contributed by atoms with Crippen LogP contribution in [0.2, 0.25) is 0 Å². The molecule has 224 valence electrons. The van der Waals surface area contributed by atoms with E-state index in [4.69, 9.17) is 9.40 Å². The SMILES string of the molecule is CC1(C)c2ccccc2-c2ccc(N(c3ccc4nc(-c5ccc(-c6ccccc6)cc5)oc4c3)c3cccc4ccccc34)cc21. The van der Waals surface area contributed by atoms with E-state index in [0.29, 0.717) is 5.89 Å². The van der Waals surface area contributed by atoms with Crippen LogP contribution in [0.3, 0.4) is 0 Å². The van der Waals surface area contributed by atoms with Gasteiger partial charge in [-0.25, -0.2) is 4.98 Å². The highest BCUT2D eigenvalue weighted by Gasteiger charge is 2.35. The van der Waals surface area contributed by atoms with Crippen molar-refractivity contribution in [3.8, 4) is 33.7 Å². The van der Waals surface area contributed by atoms with Crippen molar-refractivity contribution in [3.63, 3.8) is 0 Å². The third kappa shape index (κ3) is 4.46. The van der Waals surface area contributed by atoms with Crippen molar-refractivity contribution < 1.29 is 4.42 Å². The molecule has 0 spiro atoms. The molecular weight excluding hydrogens is 572 g/mol. The second-order valence-electron chi connectivity index (χ2n) is 12.8. The lowest BCUT2D eigenvalue weighted by atomic mass is 9.82. The fraction of sp³-hybridized carbons (Fsp3) is 0.0682. The van der Waals surface area contributed by atoms with Crippen LogP contribution in [0.4, 0.5) is 17.1 Å². The number of rotatable bonds is 5. The lowest BCUT2D eigenvalue weighted by molar-refractivity contribution is 0.620. The topological polar surface area (TPSA) is 29.3 Å². The van der Waals surface area contributed by atoms with Gasteiger partial charge in [-0.3, -0.25) is 0 Å². The number of benzene rings is 7. The summed E-state index contributed by atoms with van der Waals surface area (Å²) in [6.07, 6.45) is 0. The van der Waals surface area contributed by atoms with E-state index in [2.05, 4.69) is 170 Å². The van der Waals surface area contributed by atoms with Crippen LogP contribution in [0.1, 0.15) is 25.0 Å². The standard InChI is InChI=1S/C44H32N2O/c1-44(2)38-17-9-8-16-36(38)37-25-23-33(27-39(37)44)46(41-18-10-14-31-13-6-7-15-35(31)41)34-24-26-40-42(28-34)47-43(45-40)32-21-19-30(20-22-32)29-11-4-3-5-12-29/h3-28H,1-2H3. The minimum atomic E-state index is -0.105. The highest BCUT2D eigenvalue weighted by Crippen LogP contribution is 2.51. The largest absolute Gasteiger partial charge is 0.436 e. The van der Waals surface area contributed by atoms with E-state index >= 15 is 0 Å². The van der Waals surface area contributed by atoms with Crippen molar-refractivity contribution in [2.75, 3.05) is 4.90 Å². The highest BCUT2D eigenvalue weighted by molar-refractivity contribution is 6.00. The highest BCUT2D eigenvalue weighted by atomic mass is 16.3. The number of hydrogen-bond acceptors (Lipinski definition) is 3. The summed E-state index contributed by atoms with van der Waals surface area (Å²) in [5.74, 6) is 0.616. The van der Waals surface area contributed by atoms with Crippen LogP contribution in [-0.2, 0) is 5.41 Å². The first-order valence-corrected chi connectivity index (χ1v) is 16.1. The summed E-state index contributed by atoms with van der Waals surface area (Å²) in [4.78, 5) is 7.24. The maximum atomic E-state index is 6.46. The first-order chi connectivity index (χ1) is 23.0. The van der Waals surface area contributed by atoms with Crippen LogP contribution >= 0.6 is 0 Å². The lowest BCUT2D eigenvalue weighted by Crippen LogP contribution is -2.16. The van der Waals surface area contributed by atoms with Crippen LogP contribution in [-0.4, -0.2) is 4.98 Å². The van der Waals surface area contributed by atoms with Crippen LogP contribution in [0.5, 0.6) is 0 Å². The van der Waals surface area contributed by atoms with Crippen LogP contribution < -0.4 is 4.90 Å². The van der Waals surface area contributed by atoms with Crippen molar-refractivity contribution in [3.05, 3.63) is 169 Å². The van der Waals surface area contributed by atoms with E-state index < -0.39 is 0 Å². The van der Waals surface area contributed by atoms with E-state index in [1.165, 1.54) is 44.2 Å². The number of fused-ring (bicyclic) bond motifs is 5. The number of anilines is 3. The molecule has 0 fully saturated rings. The average molecular weight is 605 g/mol. The van der Waals surface area contributed by atoms with E-state index in [0.717, 1.165) is 33.7 Å². The molecule has 1 heterocycles. The summed E-state index contributed by atoms with van der Waals surface area (Å²) in [6.45, 7) is 4.66. The maximum Gasteiger partial charge on any atom is 0.227 e. The number of hydrogen-bond donors (Lipinski definition) is 0. The van der Waals surface area contributed by atoms with Gasteiger partial charge in [-0.2, -0.15) is 0 Å². The molecule has 1 aliphatic rings. The third-order valence-electron chi connectivity index (χ3n) is 9.70. The Bertz CT molecular complexity index is 2430. The van der Waals surface area contributed by atoms with Gasteiger partial charge in [0.1, 0.15) is 5.52 Å². The number of aromatic nitrogens is 1. The second-order valence-corrected chi connectivity index (χ2v) is 12.8. The second kappa shape index (κ2) is 10.6. The molecule has 0 radical (unpaired) electrons. The van der Waals surface area contributed by atoms with Gasteiger partial charge in [-0.15, -0.1) is 0 Å². The van der Waals surface area contributed by atoms with Gasteiger partial charge in [0.2, 0.25) is 5.89 Å². The fourth-order valence-corrected chi connectivity index (χ4v) is 7.27. The molecular formula is C44H32N2O. The molecule has 3 nitrogen and oxygen atoms in total. The minimum Gasteiger partial charge on any atom is -0.436 e. The molecule has 3 heteroatoms. The Morgan fingerprint density at radius 1 is 0.532 bits per heavy atom.